The summed E-state index contributed by atoms with van der Waals surface area (Å²) in [5.74, 6) is 1.67. The second-order valence-electron chi connectivity index (χ2n) is 12.3. The van der Waals surface area contributed by atoms with Crippen LogP contribution in [0.3, 0.4) is 0 Å². The van der Waals surface area contributed by atoms with Gasteiger partial charge in [-0.2, -0.15) is 0 Å². The van der Waals surface area contributed by atoms with Gasteiger partial charge in [0, 0.05) is 23.3 Å². The monoisotopic (exact) mass is 719 g/mol. The van der Waals surface area contributed by atoms with Crippen LogP contribution in [0.2, 0.25) is 0 Å². The number of hydrogen-bond donors (Lipinski definition) is 3. The van der Waals surface area contributed by atoms with E-state index in [0.717, 1.165) is 68.2 Å². The maximum absolute atomic E-state index is 6.53. The van der Waals surface area contributed by atoms with E-state index in [0.29, 0.717) is 5.70 Å². The van der Waals surface area contributed by atoms with E-state index in [2.05, 4.69) is 137 Å². The first kappa shape index (κ1) is 37.3. The Kier molecular flexibility index (Phi) is 12.5. The first-order chi connectivity index (χ1) is 27.1. The van der Waals surface area contributed by atoms with Crippen molar-refractivity contribution < 1.29 is 4.74 Å². The Bertz CT molecular complexity index is 2240. The Morgan fingerprint density at radius 1 is 0.564 bits per heavy atom. The Morgan fingerprint density at radius 2 is 1.00 bits per heavy atom. The fourth-order valence-electron chi connectivity index (χ4n) is 6.13. The lowest BCUT2D eigenvalue weighted by Crippen LogP contribution is -2.17. The van der Waals surface area contributed by atoms with E-state index in [1.165, 1.54) is 0 Å². The van der Waals surface area contributed by atoms with Crippen molar-refractivity contribution in [2.45, 2.75) is 6.92 Å². The van der Waals surface area contributed by atoms with E-state index in [-0.39, 0.29) is 0 Å². The number of para-hydroxylation sites is 8. The molecule has 0 saturated carbocycles. The summed E-state index contributed by atoms with van der Waals surface area (Å²) in [6.45, 7) is 12.4. The van der Waals surface area contributed by atoms with Gasteiger partial charge in [-0.25, -0.2) is 0 Å². The molecule has 272 valence electrons. The molecule has 8 rings (SSSR count). The van der Waals surface area contributed by atoms with Crippen molar-refractivity contribution in [3.8, 4) is 11.5 Å². The molecule has 0 fully saturated rings. The number of nitrogens with two attached hydrogens (primary N) is 1. The van der Waals surface area contributed by atoms with Gasteiger partial charge in [-0.05, 0) is 97.4 Å². The van der Waals surface area contributed by atoms with E-state index in [4.69, 9.17) is 10.5 Å². The van der Waals surface area contributed by atoms with Gasteiger partial charge in [0.25, 0.3) is 0 Å². The van der Waals surface area contributed by atoms with E-state index < -0.39 is 0 Å². The van der Waals surface area contributed by atoms with Crippen LogP contribution in [0.1, 0.15) is 12.5 Å². The highest BCUT2D eigenvalue weighted by molar-refractivity contribution is 5.96. The third-order valence-electron chi connectivity index (χ3n) is 8.68. The van der Waals surface area contributed by atoms with Crippen molar-refractivity contribution in [3.05, 3.63) is 220 Å². The van der Waals surface area contributed by atoms with Crippen LogP contribution in [0.5, 0.6) is 11.5 Å². The van der Waals surface area contributed by atoms with Crippen LogP contribution < -0.4 is 30.9 Å². The molecule has 0 radical (unpaired) electrons. The predicted molar refractivity (Wildman–Crippen MR) is 236 cm³/mol. The molecule has 0 aromatic heterocycles. The number of hydrogen-bond acceptors (Lipinski definition) is 6. The lowest BCUT2D eigenvalue weighted by Gasteiger charge is -2.34. The number of benzene rings is 6. The largest absolute Gasteiger partial charge is 0.453 e. The third-order valence-corrected chi connectivity index (χ3v) is 8.68. The Hall–Kier alpha value is -7.44. The molecule has 2 heterocycles. The lowest BCUT2D eigenvalue weighted by atomic mass is 10.1. The lowest BCUT2D eigenvalue weighted by molar-refractivity contribution is 0.477. The van der Waals surface area contributed by atoms with Gasteiger partial charge in [-0.15, -0.1) is 0 Å². The third kappa shape index (κ3) is 8.79. The molecule has 2 aliphatic rings. The fourth-order valence-corrected chi connectivity index (χ4v) is 6.13. The molecule has 0 bridgehead atoms. The summed E-state index contributed by atoms with van der Waals surface area (Å²) in [6.07, 6.45) is 14.5. The van der Waals surface area contributed by atoms with Crippen LogP contribution in [0, 0.1) is 0 Å². The molecule has 4 N–H and O–H groups in total. The highest BCUT2D eigenvalue weighted by Gasteiger charge is 2.25. The Balaban J connectivity index is 0.000000413. The zero-order valence-corrected chi connectivity index (χ0v) is 31.0. The Labute approximate surface area is 324 Å². The number of nitrogens with one attached hydrogen (secondary N) is 2. The highest BCUT2D eigenvalue weighted by Crippen LogP contribution is 2.50. The summed E-state index contributed by atoms with van der Waals surface area (Å²) >= 11 is 0. The van der Waals surface area contributed by atoms with Gasteiger partial charge in [0.1, 0.15) is 0 Å². The molecule has 0 atom stereocenters. The predicted octanol–water partition coefficient (Wildman–Crippen LogP) is 13.8. The van der Waals surface area contributed by atoms with Crippen LogP contribution in [0.25, 0.3) is 5.70 Å². The molecule has 0 saturated heterocycles. The van der Waals surface area contributed by atoms with Crippen molar-refractivity contribution >= 4 is 56.9 Å². The molecule has 0 unspecified atom stereocenters. The maximum atomic E-state index is 6.53. The molecule has 0 aliphatic carbocycles. The molecule has 0 spiro atoms. The van der Waals surface area contributed by atoms with Gasteiger partial charge in [-0.3, -0.25) is 0 Å². The minimum atomic E-state index is 0.651. The minimum absolute atomic E-state index is 0.651. The zero-order valence-electron chi connectivity index (χ0n) is 31.0. The topological polar surface area (TPSA) is 65.8 Å². The number of anilines is 9. The smallest absolute Gasteiger partial charge is 0.151 e. The number of rotatable bonds is 8. The van der Waals surface area contributed by atoms with Crippen molar-refractivity contribution in [3.63, 3.8) is 0 Å². The molecule has 55 heavy (non-hydrogen) atoms. The summed E-state index contributed by atoms with van der Waals surface area (Å²) in [7, 11) is 0. The maximum Gasteiger partial charge on any atom is 0.151 e. The van der Waals surface area contributed by atoms with Crippen LogP contribution in [0.15, 0.2) is 214 Å². The van der Waals surface area contributed by atoms with E-state index in [1.807, 2.05) is 86.0 Å². The van der Waals surface area contributed by atoms with Crippen molar-refractivity contribution in [1.29, 1.82) is 0 Å². The van der Waals surface area contributed by atoms with Gasteiger partial charge >= 0.3 is 0 Å². The normalized spacial score (nSPS) is 12.2. The van der Waals surface area contributed by atoms with Gasteiger partial charge in [0.15, 0.2) is 11.5 Å². The van der Waals surface area contributed by atoms with Gasteiger partial charge < -0.3 is 30.9 Å². The Morgan fingerprint density at radius 3 is 1.47 bits per heavy atom. The summed E-state index contributed by atoms with van der Waals surface area (Å²) in [6, 6.07) is 49.5. The van der Waals surface area contributed by atoms with E-state index in [1.54, 1.807) is 18.2 Å². The summed E-state index contributed by atoms with van der Waals surface area (Å²) in [4.78, 5) is 4.49. The molecular formula is C49H45N5O. The second-order valence-corrected chi connectivity index (χ2v) is 12.3. The van der Waals surface area contributed by atoms with Crippen LogP contribution >= 0.6 is 0 Å². The van der Waals surface area contributed by atoms with Gasteiger partial charge in [-0.1, -0.05) is 123 Å². The number of nitrogens with zero attached hydrogens (tertiary/aromatic N) is 2. The summed E-state index contributed by atoms with van der Waals surface area (Å²) in [5, 5.41) is 6.91. The molecule has 6 aromatic carbocycles. The number of fused-ring (bicyclic) bond motifs is 4. The van der Waals surface area contributed by atoms with Crippen LogP contribution in [0.4, 0.5) is 51.2 Å². The van der Waals surface area contributed by atoms with Crippen LogP contribution in [-0.4, -0.2) is 0 Å². The summed E-state index contributed by atoms with van der Waals surface area (Å²) < 4.78 is 6.15. The fraction of sp³-hybridized carbons (Fsp3) is 0.0204. The molecule has 0 amide bonds. The molecule has 6 nitrogen and oxygen atoms in total. The molecule has 2 aliphatic heterocycles. The van der Waals surface area contributed by atoms with Crippen molar-refractivity contribution in [2.75, 3.05) is 20.4 Å². The van der Waals surface area contributed by atoms with Crippen LogP contribution in [-0.2, 0) is 0 Å². The second kappa shape index (κ2) is 18.4. The van der Waals surface area contributed by atoms with Crippen molar-refractivity contribution in [1.82, 2.24) is 0 Å². The number of ether oxygens (including phenoxy) is 1. The first-order valence-electron chi connectivity index (χ1n) is 18.0. The quantitative estimate of drug-likeness (QED) is 0.136. The van der Waals surface area contributed by atoms with E-state index in [9.17, 15) is 0 Å². The molecular weight excluding hydrogens is 675 g/mol. The average molecular weight is 720 g/mol. The van der Waals surface area contributed by atoms with Gasteiger partial charge in [0.05, 0.1) is 39.8 Å². The minimum Gasteiger partial charge on any atom is -0.453 e. The standard InChI is InChI=1S/C38H29N5O.C6H8.C5H8/c39-30(26-17-21-28(22-18-26)42-33-11-3-1-9-31(33)41-32-10-2-4-12-34(32)42)25-40-27-19-23-29(24-20-27)43-35-13-5-7-15-37(35)44-38-16-8-6-14-36(38)43;1-3-5-6-4-2;1-3-5-4-2/h1-25,40-41H,39H2;3-6H,1-2H2;3-5H,1H2,2H3/b30-25-;6-5-;5-4-. The SMILES string of the molecule is C=C/C=C\C.C=C/C=C\C=C.N/C(=C\Nc1ccc(N2c3ccccc3Oc3ccccc32)cc1)c1ccc(N2c3ccccc3Nc3ccccc32)cc1. The summed E-state index contributed by atoms with van der Waals surface area (Å²) in [5.41, 5.74) is 17.6. The molecule has 6 heteroatoms. The van der Waals surface area contributed by atoms with E-state index >= 15 is 0 Å². The van der Waals surface area contributed by atoms with Gasteiger partial charge in [0.2, 0.25) is 0 Å². The zero-order chi connectivity index (χ0) is 38.4. The first-order valence-corrected chi connectivity index (χ1v) is 18.0. The number of allylic oxidation sites excluding steroid dienone is 7. The average Bonchev–Trinajstić information content (AvgIpc) is 3.24. The van der Waals surface area contributed by atoms with Crippen molar-refractivity contribution in [2.24, 2.45) is 5.73 Å². The highest BCUT2D eigenvalue weighted by atomic mass is 16.5. The molecule has 6 aromatic rings.